The van der Waals surface area contributed by atoms with Crippen LogP contribution in [0.1, 0.15) is 38.2 Å². The molecule has 0 bridgehead atoms. The Labute approximate surface area is 153 Å². The molecule has 0 saturated heterocycles. The molecule has 1 fully saturated rings. The number of rotatable bonds is 5. The van der Waals surface area contributed by atoms with E-state index in [-0.39, 0.29) is 0 Å². The second-order valence-electron chi connectivity index (χ2n) is 7.03. The van der Waals surface area contributed by atoms with E-state index >= 15 is 0 Å². The average Bonchev–Trinajstić information content (AvgIpc) is 3.13. The van der Waals surface area contributed by atoms with Crippen LogP contribution in [0.5, 0.6) is 0 Å². The number of anilines is 3. The molecule has 0 radical (unpaired) electrons. The van der Waals surface area contributed by atoms with Crippen molar-refractivity contribution in [2.75, 3.05) is 10.6 Å². The van der Waals surface area contributed by atoms with Crippen LogP contribution in [0.3, 0.4) is 0 Å². The maximum absolute atomic E-state index is 6.02. The third-order valence-electron chi connectivity index (χ3n) is 5.15. The fourth-order valence-electron chi connectivity index (χ4n) is 3.65. The summed E-state index contributed by atoms with van der Waals surface area (Å²) in [7, 11) is 0. The van der Waals surface area contributed by atoms with Gasteiger partial charge in [0, 0.05) is 36.2 Å². The molecule has 4 N–H and O–H groups in total. The first-order valence-corrected chi connectivity index (χ1v) is 9.44. The summed E-state index contributed by atoms with van der Waals surface area (Å²) in [6.45, 7) is 2.17. The van der Waals surface area contributed by atoms with Crippen molar-refractivity contribution in [3.63, 3.8) is 0 Å². The van der Waals surface area contributed by atoms with Crippen molar-refractivity contribution >= 4 is 22.8 Å². The standard InChI is InChI=1S/C20H26N6/c1-2-14-5-3-4-6-17(14)24-18-13-19(25-26-12-11-22-20(18)26)23-16-9-7-15(21)8-10-16/h3-6,11-13,15-16,24H,2,7-10,21H2,1H3,(H,23,25). The van der Waals surface area contributed by atoms with Gasteiger partial charge in [-0.1, -0.05) is 25.1 Å². The Morgan fingerprint density at radius 3 is 2.77 bits per heavy atom. The van der Waals surface area contributed by atoms with Crippen LogP contribution in [0.2, 0.25) is 0 Å². The van der Waals surface area contributed by atoms with Crippen molar-refractivity contribution in [2.45, 2.75) is 51.1 Å². The second-order valence-corrected chi connectivity index (χ2v) is 7.03. The number of nitrogens with two attached hydrogens (primary N) is 1. The lowest BCUT2D eigenvalue weighted by atomic mass is 9.92. The lowest BCUT2D eigenvalue weighted by Gasteiger charge is -2.27. The molecule has 4 rings (SSSR count). The topological polar surface area (TPSA) is 80.3 Å². The van der Waals surface area contributed by atoms with Gasteiger partial charge in [0.1, 0.15) is 5.82 Å². The van der Waals surface area contributed by atoms with Crippen LogP contribution in [-0.4, -0.2) is 26.7 Å². The van der Waals surface area contributed by atoms with E-state index in [0.29, 0.717) is 12.1 Å². The number of nitrogens with one attached hydrogen (secondary N) is 2. The maximum atomic E-state index is 6.02. The first-order chi connectivity index (χ1) is 12.7. The molecule has 26 heavy (non-hydrogen) atoms. The predicted molar refractivity (Wildman–Crippen MR) is 106 cm³/mol. The van der Waals surface area contributed by atoms with Crippen molar-refractivity contribution in [1.29, 1.82) is 0 Å². The summed E-state index contributed by atoms with van der Waals surface area (Å²) in [5, 5.41) is 11.8. The Morgan fingerprint density at radius 1 is 1.15 bits per heavy atom. The molecule has 1 aliphatic rings. The number of nitrogens with zero attached hydrogens (tertiary/aromatic N) is 3. The van der Waals surface area contributed by atoms with Crippen molar-refractivity contribution in [3.8, 4) is 0 Å². The van der Waals surface area contributed by atoms with Crippen LogP contribution < -0.4 is 16.4 Å². The minimum Gasteiger partial charge on any atom is -0.366 e. The van der Waals surface area contributed by atoms with Crippen molar-refractivity contribution in [3.05, 3.63) is 48.3 Å². The molecule has 136 valence electrons. The highest BCUT2D eigenvalue weighted by atomic mass is 15.3. The van der Waals surface area contributed by atoms with Crippen LogP contribution in [0, 0.1) is 0 Å². The number of aryl methyl sites for hydroxylation is 1. The van der Waals surface area contributed by atoms with E-state index in [2.05, 4.69) is 58.0 Å². The molecule has 0 amide bonds. The summed E-state index contributed by atoms with van der Waals surface area (Å²) in [5.74, 6) is 0.868. The SMILES string of the molecule is CCc1ccccc1Nc1cc(NC2CCC(N)CC2)nn2ccnc12. The van der Waals surface area contributed by atoms with Crippen LogP contribution in [0.15, 0.2) is 42.7 Å². The predicted octanol–water partition coefficient (Wildman–Crippen LogP) is 3.72. The lowest BCUT2D eigenvalue weighted by molar-refractivity contribution is 0.410. The maximum Gasteiger partial charge on any atom is 0.177 e. The first-order valence-electron chi connectivity index (χ1n) is 9.44. The van der Waals surface area contributed by atoms with E-state index < -0.39 is 0 Å². The highest BCUT2D eigenvalue weighted by Gasteiger charge is 2.19. The Morgan fingerprint density at radius 2 is 1.96 bits per heavy atom. The Hall–Kier alpha value is -2.60. The quantitative estimate of drug-likeness (QED) is 0.653. The zero-order chi connectivity index (χ0) is 17.9. The molecular weight excluding hydrogens is 324 g/mol. The highest BCUT2D eigenvalue weighted by Crippen LogP contribution is 2.27. The number of hydrogen-bond donors (Lipinski definition) is 3. The van der Waals surface area contributed by atoms with Gasteiger partial charge in [0.2, 0.25) is 0 Å². The van der Waals surface area contributed by atoms with Crippen LogP contribution in [0.4, 0.5) is 17.2 Å². The number of para-hydroxylation sites is 1. The lowest BCUT2D eigenvalue weighted by Crippen LogP contribution is -2.33. The molecule has 1 aliphatic carbocycles. The largest absolute Gasteiger partial charge is 0.366 e. The highest BCUT2D eigenvalue weighted by molar-refractivity contribution is 5.76. The van der Waals surface area contributed by atoms with Gasteiger partial charge in [-0.05, 0) is 43.7 Å². The van der Waals surface area contributed by atoms with Gasteiger partial charge in [-0.25, -0.2) is 9.50 Å². The van der Waals surface area contributed by atoms with Gasteiger partial charge in [-0.2, -0.15) is 0 Å². The summed E-state index contributed by atoms with van der Waals surface area (Å²) >= 11 is 0. The first kappa shape index (κ1) is 16.8. The van der Waals surface area contributed by atoms with E-state index in [9.17, 15) is 0 Å². The third kappa shape index (κ3) is 3.51. The fraction of sp³-hybridized carbons (Fsp3) is 0.400. The molecule has 3 aromatic rings. The van der Waals surface area contributed by atoms with Crippen molar-refractivity contribution < 1.29 is 0 Å². The number of imidazole rings is 1. The molecule has 0 aliphatic heterocycles. The third-order valence-corrected chi connectivity index (χ3v) is 5.15. The molecule has 6 nitrogen and oxygen atoms in total. The number of aromatic nitrogens is 3. The van der Waals surface area contributed by atoms with E-state index in [0.717, 1.165) is 54.9 Å². The van der Waals surface area contributed by atoms with E-state index in [1.807, 2.05) is 10.7 Å². The molecule has 0 atom stereocenters. The van der Waals surface area contributed by atoms with E-state index in [1.165, 1.54) is 5.56 Å². The van der Waals surface area contributed by atoms with Gasteiger partial charge in [0.25, 0.3) is 0 Å². The number of fused-ring (bicyclic) bond motifs is 1. The second kappa shape index (κ2) is 7.33. The molecule has 0 unspecified atom stereocenters. The molecule has 2 aromatic heterocycles. The zero-order valence-electron chi connectivity index (χ0n) is 15.2. The zero-order valence-corrected chi connectivity index (χ0v) is 15.2. The number of benzene rings is 1. The van der Waals surface area contributed by atoms with E-state index in [4.69, 9.17) is 5.73 Å². The fourth-order valence-corrected chi connectivity index (χ4v) is 3.65. The molecule has 2 heterocycles. The Kier molecular flexibility index (Phi) is 4.75. The molecular formula is C20H26N6. The summed E-state index contributed by atoms with van der Waals surface area (Å²) in [6, 6.07) is 11.2. The molecule has 1 saturated carbocycles. The van der Waals surface area contributed by atoms with Crippen LogP contribution in [-0.2, 0) is 6.42 Å². The molecule has 1 aromatic carbocycles. The summed E-state index contributed by atoms with van der Waals surface area (Å²) in [4.78, 5) is 4.46. The van der Waals surface area contributed by atoms with Gasteiger partial charge >= 0.3 is 0 Å². The summed E-state index contributed by atoms with van der Waals surface area (Å²) in [5.41, 5.74) is 10.2. The van der Waals surface area contributed by atoms with Crippen LogP contribution in [0.25, 0.3) is 5.65 Å². The van der Waals surface area contributed by atoms with Gasteiger partial charge in [-0.15, -0.1) is 5.10 Å². The van der Waals surface area contributed by atoms with Gasteiger partial charge in [0.15, 0.2) is 5.65 Å². The average molecular weight is 350 g/mol. The minimum atomic E-state index is 0.347. The van der Waals surface area contributed by atoms with E-state index in [1.54, 1.807) is 6.20 Å². The normalized spacial score (nSPS) is 20.2. The van der Waals surface area contributed by atoms with Crippen molar-refractivity contribution in [2.24, 2.45) is 5.73 Å². The van der Waals surface area contributed by atoms with Crippen LogP contribution >= 0.6 is 0 Å². The Bertz CT molecular complexity index is 879. The number of hydrogen-bond acceptors (Lipinski definition) is 5. The van der Waals surface area contributed by atoms with Gasteiger partial charge in [0.05, 0.1) is 5.69 Å². The minimum absolute atomic E-state index is 0.347. The molecule has 6 heteroatoms. The Balaban J connectivity index is 1.62. The van der Waals surface area contributed by atoms with Crippen molar-refractivity contribution in [1.82, 2.24) is 14.6 Å². The van der Waals surface area contributed by atoms with Gasteiger partial charge < -0.3 is 16.4 Å². The monoisotopic (exact) mass is 350 g/mol. The molecule has 0 spiro atoms. The summed E-state index contributed by atoms with van der Waals surface area (Å²) < 4.78 is 1.83. The smallest absolute Gasteiger partial charge is 0.177 e. The van der Waals surface area contributed by atoms with Gasteiger partial charge in [-0.3, -0.25) is 0 Å². The summed E-state index contributed by atoms with van der Waals surface area (Å²) in [6.07, 6.45) is 8.96.